The fourth-order valence-electron chi connectivity index (χ4n) is 4.25. The minimum absolute atomic E-state index is 0.0355. The lowest BCUT2D eigenvalue weighted by Gasteiger charge is -2.45. The normalized spacial score (nSPS) is 22.5. The van der Waals surface area contributed by atoms with Gasteiger partial charge in [0.05, 0.1) is 6.04 Å². The second-order valence-electron chi connectivity index (χ2n) is 8.00. The Morgan fingerprint density at radius 1 is 1.11 bits per heavy atom. The first-order chi connectivity index (χ1) is 13.4. The van der Waals surface area contributed by atoms with Crippen molar-refractivity contribution in [2.45, 2.75) is 38.6 Å². The van der Waals surface area contributed by atoms with Crippen LogP contribution in [0.15, 0.2) is 61.2 Å². The van der Waals surface area contributed by atoms with Crippen molar-refractivity contribution in [3.63, 3.8) is 0 Å². The molecule has 0 spiro atoms. The molecule has 0 saturated carbocycles. The molecule has 0 radical (unpaired) electrons. The number of nitrogens with zero attached hydrogens (tertiary/aromatic N) is 1. The molecule has 4 heteroatoms. The SMILES string of the molecule is C=CCC1CC(c2cccc(Cl)c2)C(c2ccc(Cl)cc2)N(CC(C)C)C1=O. The lowest BCUT2D eigenvalue weighted by Crippen LogP contribution is -2.48. The van der Waals surface area contributed by atoms with Gasteiger partial charge in [0, 0.05) is 28.4 Å². The number of rotatable bonds is 6. The van der Waals surface area contributed by atoms with Crippen molar-refractivity contribution in [2.24, 2.45) is 11.8 Å². The standard InChI is InChI=1S/C24H27Cl2NO/c1-4-6-19-14-22(18-7-5-8-21(26)13-18)23(17-9-11-20(25)12-10-17)27(24(19)28)15-16(2)3/h4-5,7-13,16,19,22-23H,1,6,14-15H2,2-3H3. The second-order valence-corrected chi connectivity index (χ2v) is 8.87. The van der Waals surface area contributed by atoms with Gasteiger partial charge in [0.2, 0.25) is 5.91 Å². The molecule has 2 aromatic rings. The van der Waals surface area contributed by atoms with Gasteiger partial charge in [0.15, 0.2) is 0 Å². The van der Waals surface area contributed by atoms with Crippen LogP contribution in [0, 0.1) is 11.8 Å². The first kappa shape index (κ1) is 21.0. The van der Waals surface area contributed by atoms with E-state index in [0.717, 1.165) is 23.6 Å². The highest BCUT2D eigenvalue weighted by molar-refractivity contribution is 6.30. The van der Waals surface area contributed by atoms with Crippen LogP contribution in [0.2, 0.25) is 10.0 Å². The van der Waals surface area contributed by atoms with Crippen molar-refractivity contribution < 1.29 is 4.79 Å². The van der Waals surface area contributed by atoms with E-state index in [-0.39, 0.29) is 23.8 Å². The Kier molecular flexibility index (Phi) is 6.85. The highest BCUT2D eigenvalue weighted by atomic mass is 35.5. The lowest BCUT2D eigenvalue weighted by molar-refractivity contribution is -0.143. The van der Waals surface area contributed by atoms with Crippen LogP contribution < -0.4 is 0 Å². The van der Waals surface area contributed by atoms with Gasteiger partial charge >= 0.3 is 0 Å². The summed E-state index contributed by atoms with van der Waals surface area (Å²) in [5, 5.41) is 1.42. The molecule has 28 heavy (non-hydrogen) atoms. The predicted octanol–water partition coefficient (Wildman–Crippen LogP) is 6.90. The molecule has 3 unspecified atom stereocenters. The Labute approximate surface area is 178 Å². The van der Waals surface area contributed by atoms with Crippen LogP contribution in [-0.4, -0.2) is 17.4 Å². The Morgan fingerprint density at radius 3 is 2.43 bits per heavy atom. The summed E-state index contributed by atoms with van der Waals surface area (Å²) in [6, 6.07) is 15.9. The molecule has 0 bridgehead atoms. The quantitative estimate of drug-likeness (QED) is 0.469. The topological polar surface area (TPSA) is 20.3 Å². The van der Waals surface area contributed by atoms with Gasteiger partial charge in [-0.05, 0) is 54.2 Å². The zero-order valence-corrected chi connectivity index (χ0v) is 18.0. The number of allylic oxidation sites excluding steroid dienone is 1. The molecule has 1 aliphatic heterocycles. The molecule has 1 saturated heterocycles. The third-order valence-electron chi connectivity index (χ3n) is 5.39. The molecule has 1 fully saturated rings. The van der Waals surface area contributed by atoms with E-state index in [1.807, 2.05) is 48.5 Å². The smallest absolute Gasteiger partial charge is 0.226 e. The lowest BCUT2D eigenvalue weighted by atomic mass is 9.74. The fourth-order valence-corrected chi connectivity index (χ4v) is 4.57. The van der Waals surface area contributed by atoms with Gasteiger partial charge in [-0.1, -0.05) is 67.4 Å². The summed E-state index contributed by atoms with van der Waals surface area (Å²) >= 11 is 12.4. The average Bonchev–Trinajstić information content (AvgIpc) is 2.65. The fraction of sp³-hybridized carbons (Fsp3) is 0.375. The van der Waals surface area contributed by atoms with E-state index in [9.17, 15) is 4.79 Å². The highest BCUT2D eigenvalue weighted by Gasteiger charge is 2.42. The molecule has 2 nitrogen and oxygen atoms in total. The number of piperidine rings is 1. The zero-order chi connectivity index (χ0) is 20.3. The number of benzene rings is 2. The average molecular weight is 416 g/mol. The molecular weight excluding hydrogens is 389 g/mol. The number of amides is 1. The maximum Gasteiger partial charge on any atom is 0.226 e. The first-order valence-corrected chi connectivity index (χ1v) is 10.6. The largest absolute Gasteiger partial charge is 0.335 e. The van der Waals surface area contributed by atoms with Crippen molar-refractivity contribution >= 4 is 29.1 Å². The van der Waals surface area contributed by atoms with Crippen molar-refractivity contribution in [1.29, 1.82) is 0 Å². The van der Waals surface area contributed by atoms with E-state index in [4.69, 9.17) is 23.2 Å². The second kappa shape index (κ2) is 9.15. The number of hydrogen-bond acceptors (Lipinski definition) is 1. The van der Waals surface area contributed by atoms with Gasteiger partial charge in [0.1, 0.15) is 0 Å². The summed E-state index contributed by atoms with van der Waals surface area (Å²) in [4.78, 5) is 15.4. The van der Waals surface area contributed by atoms with Crippen molar-refractivity contribution in [2.75, 3.05) is 6.54 Å². The summed E-state index contributed by atoms with van der Waals surface area (Å²) in [7, 11) is 0. The van der Waals surface area contributed by atoms with Crippen LogP contribution in [0.4, 0.5) is 0 Å². The molecular formula is C24H27Cl2NO. The molecule has 2 aromatic carbocycles. The number of hydrogen-bond donors (Lipinski definition) is 0. The molecule has 3 atom stereocenters. The monoisotopic (exact) mass is 415 g/mol. The maximum absolute atomic E-state index is 13.4. The molecule has 1 aliphatic rings. The van der Waals surface area contributed by atoms with Crippen LogP contribution in [0.3, 0.4) is 0 Å². The van der Waals surface area contributed by atoms with Crippen LogP contribution in [-0.2, 0) is 4.79 Å². The Balaban J connectivity index is 2.11. The summed E-state index contributed by atoms with van der Waals surface area (Å²) in [6.07, 6.45) is 3.33. The van der Waals surface area contributed by atoms with Crippen molar-refractivity contribution in [3.05, 3.63) is 82.4 Å². The zero-order valence-electron chi connectivity index (χ0n) is 16.4. The van der Waals surface area contributed by atoms with E-state index in [0.29, 0.717) is 17.4 Å². The Hall–Kier alpha value is -1.77. The number of likely N-dealkylation sites (tertiary alicyclic amines) is 1. The number of halogens is 2. The van der Waals surface area contributed by atoms with E-state index >= 15 is 0 Å². The summed E-state index contributed by atoms with van der Waals surface area (Å²) in [6.45, 7) is 8.89. The third-order valence-corrected chi connectivity index (χ3v) is 5.88. The van der Waals surface area contributed by atoms with Crippen LogP contribution in [0.5, 0.6) is 0 Å². The van der Waals surface area contributed by atoms with Crippen molar-refractivity contribution in [3.8, 4) is 0 Å². The molecule has 1 heterocycles. The van der Waals surface area contributed by atoms with E-state index < -0.39 is 0 Å². The number of carbonyl (C=O) groups excluding carboxylic acids is 1. The van der Waals surface area contributed by atoms with Crippen LogP contribution >= 0.6 is 23.2 Å². The molecule has 1 amide bonds. The van der Waals surface area contributed by atoms with E-state index in [1.54, 1.807) is 0 Å². The van der Waals surface area contributed by atoms with Gasteiger partial charge in [0.25, 0.3) is 0 Å². The molecule has 0 aromatic heterocycles. The minimum atomic E-state index is -0.0521. The predicted molar refractivity (Wildman–Crippen MR) is 118 cm³/mol. The third kappa shape index (κ3) is 4.61. The van der Waals surface area contributed by atoms with Crippen LogP contribution in [0.1, 0.15) is 49.8 Å². The summed E-state index contributed by atoms with van der Waals surface area (Å²) in [5.74, 6) is 0.707. The van der Waals surface area contributed by atoms with Gasteiger partial charge in [-0.15, -0.1) is 6.58 Å². The molecule has 3 rings (SSSR count). The summed E-state index contributed by atoms with van der Waals surface area (Å²) in [5.41, 5.74) is 2.28. The first-order valence-electron chi connectivity index (χ1n) is 9.83. The highest BCUT2D eigenvalue weighted by Crippen LogP contribution is 2.46. The minimum Gasteiger partial charge on any atom is -0.335 e. The number of carbonyl (C=O) groups is 1. The summed E-state index contributed by atoms with van der Waals surface area (Å²) < 4.78 is 0. The molecule has 0 aliphatic carbocycles. The van der Waals surface area contributed by atoms with Gasteiger partial charge in [-0.3, -0.25) is 4.79 Å². The maximum atomic E-state index is 13.4. The van der Waals surface area contributed by atoms with E-state index in [1.165, 1.54) is 5.56 Å². The van der Waals surface area contributed by atoms with Crippen LogP contribution in [0.25, 0.3) is 0 Å². The Morgan fingerprint density at radius 2 is 1.82 bits per heavy atom. The van der Waals surface area contributed by atoms with Gasteiger partial charge in [-0.25, -0.2) is 0 Å². The molecule has 148 valence electrons. The Bertz CT molecular complexity index is 831. The van der Waals surface area contributed by atoms with E-state index in [2.05, 4.69) is 31.4 Å². The van der Waals surface area contributed by atoms with Gasteiger partial charge < -0.3 is 4.90 Å². The molecule has 0 N–H and O–H groups in total. The van der Waals surface area contributed by atoms with Gasteiger partial charge in [-0.2, -0.15) is 0 Å². The van der Waals surface area contributed by atoms with Crippen molar-refractivity contribution in [1.82, 2.24) is 4.90 Å².